The fourth-order valence-electron chi connectivity index (χ4n) is 2.03. The van der Waals surface area contributed by atoms with Gasteiger partial charge in [-0.25, -0.2) is 4.79 Å². The number of aromatic carboxylic acids is 1. The maximum absolute atomic E-state index is 11.4. The third-order valence-corrected chi connectivity index (χ3v) is 3.55. The van der Waals surface area contributed by atoms with Gasteiger partial charge in [0.05, 0.1) is 11.0 Å². The zero-order valence-electron chi connectivity index (χ0n) is 10.6. The summed E-state index contributed by atoms with van der Waals surface area (Å²) in [5.74, 6) is -1.77. The van der Waals surface area contributed by atoms with E-state index >= 15 is 0 Å². The normalized spacial score (nSPS) is 11.2. The van der Waals surface area contributed by atoms with Gasteiger partial charge < -0.3 is 10.2 Å². The molecule has 0 heterocycles. The van der Waals surface area contributed by atoms with E-state index in [1.165, 1.54) is 12.1 Å². The molecule has 0 aliphatic carbocycles. The van der Waals surface area contributed by atoms with Crippen LogP contribution in [0.1, 0.15) is 42.6 Å². The van der Waals surface area contributed by atoms with E-state index in [0.717, 1.165) is 5.56 Å². The first kappa shape index (κ1) is 14.2. The Labute approximate surface area is 106 Å². The Morgan fingerprint density at radius 1 is 1.06 bits per heavy atom. The van der Waals surface area contributed by atoms with Crippen LogP contribution in [0.5, 0.6) is 0 Å². The zero-order chi connectivity index (χ0) is 13.8. The number of hydrogen-bond donors (Lipinski definition) is 2. The number of rotatable bonds is 6. The van der Waals surface area contributed by atoms with Gasteiger partial charge in [0.25, 0.3) is 0 Å². The lowest BCUT2D eigenvalue weighted by Gasteiger charge is -2.26. The Balaban J connectivity index is 2.95. The molecule has 1 aromatic carbocycles. The lowest BCUT2D eigenvalue weighted by molar-refractivity contribution is -0.149. The molecular formula is C14H18O4. The first-order valence-electron chi connectivity index (χ1n) is 6.01. The van der Waals surface area contributed by atoms with Gasteiger partial charge in [0, 0.05) is 0 Å². The van der Waals surface area contributed by atoms with Gasteiger partial charge in [0.15, 0.2) is 0 Å². The highest BCUT2D eigenvalue weighted by Crippen LogP contribution is 2.31. The lowest BCUT2D eigenvalue weighted by atomic mass is 9.77. The topological polar surface area (TPSA) is 74.6 Å². The molecule has 0 aromatic heterocycles. The number of carboxylic acid groups (broad SMARTS) is 2. The van der Waals surface area contributed by atoms with Crippen LogP contribution >= 0.6 is 0 Å². The van der Waals surface area contributed by atoms with Crippen molar-refractivity contribution in [2.75, 3.05) is 0 Å². The highest BCUT2D eigenvalue weighted by Gasteiger charge is 2.34. The summed E-state index contributed by atoms with van der Waals surface area (Å²) in [5.41, 5.74) is 0.309. The van der Waals surface area contributed by atoms with Crippen molar-refractivity contribution >= 4 is 11.9 Å². The number of benzene rings is 1. The molecule has 1 rings (SSSR count). The summed E-state index contributed by atoms with van der Waals surface area (Å²) in [6, 6.07) is 6.39. The van der Waals surface area contributed by atoms with Gasteiger partial charge in [-0.3, -0.25) is 4.79 Å². The summed E-state index contributed by atoms with van der Waals surface area (Å²) < 4.78 is 0. The first-order valence-corrected chi connectivity index (χ1v) is 6.01. The smallest absolute Gasteiger partial charge is 0.335 e. The van der Waals surface area contributed by atoms with Gasteiger partial charge in [0.1, 0.15) is 0 Å². The quantitative estimate of drug-likeness (QED) is 0.814. The molecule has 4 heteroatoms. The molecule has 0 unspecified atom stereocenters. The number of aliphatic carboxylic acids is 1. The van der Waals surface area contributed by atoms with Crippen LogP contribution in [0.3, 0.4) is 0 Å². The van der Waals surface area contributed by atoms with Crippen LogP contribution in [-0.2, 0) is 11.2 Å². The largest absolute Gasteiger partial charge is 0.481 e. The summed E-state index contributed by atoms with van der Waals surface area (Å²) in [7, 11) is 0. The van der Waals surface area contributed by atoms with Crippen LogP contribution < -0.4 is 0 Å². The van der Waals surface area contributed by atoms with Crippen molar-refractivity contribution in [3.05, 3.63) is 35.4 Å². The van der Waals surface area contributed by atoms with Crippen molar-refractivity contribution in [3.63, 3.8) is 0 Å². The van der Waals surface area contributed by atoms with Crippen LogP contribution in [-0.4, -0.2) is 22.2 Å². The van der Waals surface area contributed by atoms with E-state index in [1.54, 1.807) is 12.1 Å². The Morgan fingerprint density at radius 3 is 1.89 bits per heavy atom. The predicted octanol–water partition coefficient (Wildman–Crippen LogP) is 2.82. The molecule has 18 heavy (non-hydrogen) atoms. The van der Waals surface area contributed by atoms with E-state index in [-0.39, 0.29) is 5.56 Å². The average molecular weight is 250 g/mol. The van der Waals surface area contributed by atoms with Gasteiger partial charge >= 0.3 is 11.9 Å². The van der Waals surface area contributed by atoms with Crippen molar-refractivity contribution in [1.29, 1.82) is 0 Å². The second-order valence-corrected chi connectivity index (χ2v) is 4.47. The van der Waals surface area contributed by atoms with E-state index in [2.05, 4.69) is 0 Å². The monoisotopic (exact) mass is 250 g/mol. The minimum absolute atomic E-state index is 0.215. The molecule has 4 nitrogen and oxygen atoms in total. The molecule has 0 aliphatic rings. The van der Waals surface area contributed by atoms with Crippen molar-refractivity contribution < 1.29 is 19.8 Å². The molecule has 0 saturated carbocycles. The van der Waals surface area contributed by atoms with Gasteiger partial charge in [0.2, 0.25) is 0 Å². The van der Waals surface area contributed by atoms with E-state index in [4.69, 9.17) is 5.11 Å². The molecule has 0 radical (unpaired) electrons. The van der Waals surface area contributed by atoms with Crippen LogP contribution in [0, 0.1) is 5.41 Å². The highest BCUT2D eigenvalue weighted by molar-refractivity contribution is 5.87. The Morgan fingerprint density at radius 2 is 1.56 bits per heavy atom. The summed E-state index contributed by atoms with van der Waals surface area (Å²) in [6.07, 6.45) is 1.54. The molecule has 2 N–H and O–H groups in total. The minimum atomic E-state index is -0.975. The first-order chi connectivity index (χ1) is 8.45. The predicted molar refractivity (Wildman–Crippen MR) is 67.8 cm³/mol. The Hall–Kier alpha value is -1.84. The van der Waals surface area contributed by atoms with Crippen molar-refractivity contribution in [3.8, 4) is 0 Å². The molecular weight excluding hydrogens is 232 g/mol. The molecule has 98 valence electrons. The van der Waals surface area contributed by atoms with Crippen molar-refractivity contribution in [2.45, 2.75) is 33.1 Å². The fraction of sp³-hybridized carbons (Fsp3) is 0.429. The lowest BCUT2D eigenvalue weighted by Crippen LogP contribution is -2.32. The Bertz CT molecular complexity index is 430. The molecule has 0 saturated heterocycles. The average Bonchev–Trinajstić information content (AvgIpc) is 2.36. The van der Waals surface area contributed by atoms with E-state index < -0.39 is 17.4 Å². The maximum atomic E-state index is 11.4. The van der Waals surface area contributed by atoms with Crippen LogP contribution in [0.15, 0.2) is 24.3 Å². The van der Waals surface area contributed by atoms with Gasteiger partial charge in [-0.2, -0.15) is 0 Å². The van der Waals surface area contributed by atoms with Gasteiger partial charge in [-0.15, -0.1) is 0 Å². The highest BCUT2D eigenvalue weighted by atomic mass is 16.4. The standard InChI is InChI=1S/C14H18O4/c1-3-14(4-2,13(17)18)9-10-5-7-11(8-6-10)12(15)16/h5-8H,3-4,9H2,1-2H3,(H,15,16)(H,17,18). The maximum Gasteiger partial charge on any atom is 0.335 e. The minimum Gasteiger partial charge on any atom is -0.481 e. The summed E-state index contributed by atoms with van der Waals surface area (Å²) in [5, 5.41) is 18.1. The van der Waals surface area contributed by atoms with Crippen molar-refractivity contribution in [2.24, 2.45) is 5.41 Å². The molecule has 0 aliphatic heterocycles. The SMILES string of the molecule is CCC(CC)(Cc1ccc(C(=O)O)cc1)C(=O)O. The van der Waals surface area contributed by atoms with Crippen LogP contribution in [0.25, 0.3) is 0 Å². The van der Waals surface area contributed by atoms with E-state index in [1.807, 2.05) is 13.8 Å². The third kappa shape index (κ3) is 2.88. The number of carbonyl (C=O) groups is 2. The Kier molecular flexibility index (Phi) is 4.48. The molecule has 0 spiro atoms. The number of carboxylic acids is 2. The molecule has 0 bridgehead atoms. The number of hydrogen-bond acceptors (Lipinski definition) is 2. The van der Waals surface area contributed by atoms with Gasteiger partial charge in [-0.05, 0) is 37.0 Å². The molecule has 0 atom stereocenters. The second kappa shape index (κ2) is 5.67. The summed E-state index contributed by atoms with van der Waals surface area (Å²) >= 11 is 0. The second-order valence-electron chi connectivity index (χ2n) is 4.47. The molecule has 1 aromatic rings. The fourth-order valence-corrected chi connectivity index (χ4v) is 2.03. The summed E-state index contributed by atoms with van der Waals surface area (Å²) in [6.45, 7) is 3.73. The van der Waals surface area contributed by atoms with Crippen molar-refractivity contribution in [1.82, 2.24) is 0 Å². The molecule has 0 fully saturated rings. The van der Waals surface area contributed by atoms with Crippen LogP contribution in [0.4, 0.5) is 0 Å². The van der Waals surface area contributed by atoms with E-state index in [0.29, 0.717) is 19.3 Å². The zero-order valence-corrected chi connectivity index (χ0v) is 10.6. The summed E-state index contributed by atoms with van der Waals surface area (Å²) in [4.78, 5) is 22.1. The van der Waals surface area contributed by atoms with Gasteiger partial charge in [-0.1, -0.05) is 26.0 Å². The van der Waals surface area contributed by atoms with Crippen LogP contribution in [0.2, 0.25) is 0 Å². The van der Waals surface area contributed by atoms with E-state index in [9.17, 15) is 14.7 Å². The molecule has 0 amide bonds. The third-order valence-electron chi connectivity index (χ3n) is 3.55.